The average molecular weight is 295 g/mol. The van der Waals surface area contributed by atoms with Gasteiger partial charge in [-0.15, -0.1) is 0 Å². The van der Waals surface area contributed by atoms with Crippen molar-refractivity contribution < 1.29 is 9.59 Å². The highest BCUT2D eigenvalue weighted by molar-refractivity contribution is 6.34. The van der Waals surface area contributed by atoms with E-state index in [1.54, 1.807) is 26.0 Å². The van der Waals surface area contributed by atoms with E-state index in [0.717, 1.165) is 5.56 Å². The molecule has 1 saturated heterocycles. The van der Waals surface area contributed by atoms with Crippen LogP contribution in [-0.4, -0.2) is 23.4 Å². The van der Waals surface area contributed by atoms with Gasteiger partial charge in [-0.2, -0.15) is 0 Å². The second-order valence-electron chi connectivity index (χ2n) is 5.67. The van der Waals surface area contributed by atoms with Crippen LogP contribution in [0.15, 0.2) is 18.2 Å². The molecule has 1 aromatic carbocycles. The fraction of sp³-hybridized carbons (Fsp3) is 0.467. The molecule has 1 aromatic rings. The van der Waals surface area contributed by atoms with Crippen molar-refractivity contribution >= 4 is 29.1 Å². The van der Waals surface area contributed by atoms with Gasteiger partial charge >= 0.3 is 0 Å². The Bertz CT molecular complexity index is 569. The van der Waals surface area contributed by atoms with Crippen molar-refractivity contribution in [3.8, 4) is 0 Å². The van der Waals surface area contributed by atoms with Gasteiger partial charge in [-0.1, -0.05) is 24.6 Å². The minimum atomic E-state index is -0.920. The number of hydrogen-bond acceptors (Lipinski definition) is 2. The third-order valence-corrected chi connectivity index (χ3v) is 3.86. The molecule has 0 saturated carbocycles. The molecule has 1 heterocycles. The second kappa shape index (κ2) is 5.09. The fourth-order valence-electron chi connectivity index (χ4n) is 2.46. The fourth-order valence-corrected chi connectivity index (χ4v) is 2.78. The van der Waals surface area contributed by atoms with E-state index < -0.39 is 11.6 Å². The SMILES string of the molecule is CCC1C(=O)NC(C)(C)C(=O)N1c1ccc(C)cc1Cl. The first-order valence-corrected chi connectivity index (χ1v) is 7.07. The molecule has 20 heavy (non-hydrogen) atoms. The molecule has 5 heteroatoms. The largest absolute Gasteiger partial charge is 0.340 e. The van der Waals surface area contributed by atoms with Crippen LogP contribution in [0.1, 0.15) is 32.8 Å². The van der Waals surface area contributed by atoms with Crippen LogP contribution in [-0.2, 0) is 9.59 Å². The Balaban J connectivity index is 2.54. The Morgan fingerprint density at radius 2 is 2.00 bits per heavy atom. The van der Waals surface area contributed by atoms with Gasteiger partial charge in [0, 0.05) is 0 Å². The molecule has 1 N–H and O–H groups in total. The number of nitrogens with one attached hydrogen (secondary N) is 1. The monoisotopic (exact) mass is 294 g/mol. The number of nitrogens with zero attached hydrogens (tertiary/aromatic N) is 1. The Morgan fingerprint density at radius 1 is 1.35 bits per heavy atom. The van der Waals surface area contributed by atoms with Crippen LogP contribution in [0.5, 0.6) is 0 Å². The first kappa shape index (κ1) is 14.9. The maximum Gasteiger partial charge on any atom is 0.252 e. The molecule has 1 atom stereocenters. The van der Waals surface area contributed by atoms with Crippen molar-refractivity contribution in [1.82, 2.24) is 5.32 Å². The zero-order valence-electron chi connectivity index (χ0n) is 12.2. The quantitative estimate of drug-likeness (QED) is 0.911. The van der Waals surface area contributed by atoms with Crippen LogP contribution in [0.3, 0.4) is 0 Å². The van der Waals surface area contributed by atoms with E-state index in [1.165, 1.54) is 4.90 Å². The van der Waals surface area contributed by atoms with Crippen LogP contribution >= 0.6 is 11.6 Å². The summed E-state index contributed by atoms with van der Waals surface area (Å²) >= 11 is 6.27. The lowest BCUT2D eigenvalue weighted by Gasteiger charge is -2.42. The lowest BCUT2D eigenvalue weighted by molar-refractivity contribution is -0.137. The van der Waals surface area contributed by atoms with E-state index in [4.69, 9.17) is 11.6 Å². The number of carbonyl (C=O) groups is 2. The van der Waals surface area contributed by atoms with Crippen molar-refractivity contribution in [2.45, 2.75) is 45.7 Å². The Hall–Kier alpha value is -1.55. The summed E-state index contributed by atoms with van der Waals surface area (Å²) in [5.41, 5.74) is 0.689. The van der Waals surface area contributed by atoms with Gasteiger partial charge in [0.25, 0.3) is 5.91 Å². The van der Waals surface area contributed by atoms with Crippen molar-refractivity contribution in [3.05, 3.63) is 28.8 Å². The maximum atomic E-state index is 12.7. The average Bonchev–Trinajstić information content (AvgIpc) is 2.34. The van der Waals surface area contributed by atoms with Gasteiger partial charge in [-0.25, -0.2) is 0 Å². The third kappa shape index (κ3) is 2.40. The molecule has 1 fully saturated rings. The van der Waals surface area contributed by atoms with E-state index in [1.807, 2.05) is 19.9 Å². The summed E-state index contributed by atoms with van der Waals surface area (Å²) in [6.45, 7) is 7.22. The van der Waals surface area contributed by atoms with Gasteiger partial charge in [-0.3, -0.25) is 14.5 Å². The number of benzene rings is 1. The molecule has 0 aromatic heterocycles. The second-order valence-corrected chi connectivity index (χ2v) is 6.08. The van der Waals surface area contributed by atoms with Crippen LogP contribution in [0.2, 0.25) is 5.02 Å². The first-order valence-electron chi connectivity index (χ1n) is 6.69. The number of halogens is 1. The molecule has 2 amide bonds. The Kier molecular flexibility index (Phi) is 3.78. The van der Waals surface area contributed by atoms with Crippen molar-refractivity contribution in [3.63, 3.8) is 0 Å². The highest BCUT2D eigenvalue weighted by Crippen LogP contribution is 2.33. The topological polar surface area (TPSA) is 49.4 Å². The smallest absolute Gasteiger partial charge is 0.252 e. The van der Waals surface area contributed by atoms with Crippen LogP contribution < -0.4 is 10.2 Å². The summed E-state index contributed by atoms with van der Waals surface area (Å²) in [5.74, 6) is -0.288. The molecule has 2 rings (SSSR count). The number of rotatable bonds is 2. The summed E-state index contributed by atoms with van der Waals surface area (Å²) in [5, 5.41) is 3.25. The number of anilines is 1. The summed E-state index contributed by atoms with van der Waals surface area (Å²) in [7, 11) is 0. The van der Waals surface area contributed by atoms with Gasteiger partial charge < -0.3 is 5.32 Å². The molecule has 0 radical (unpaired) electrons. The summed E-state index contributed by atoms with van der Waals surface area (Å²) < 4.78 is 0. The molecular formula is C15H19ClN2O2. The molecule has 0 aliphatic carbocycles. The van der Waals surface area contributed by atoms with Crippen molar-refractivity contribution in [2.24, 2.45) is 0 Å². The normalized spacial score (nSPS) is 21.9. The number of hydrogen-bond donors (Lipinski definition) is 1. The Morgan fingerprint density at radius 3 is 2.55 bits per heavy atom. The van der Waals surface area contributed by atoms with E-state index >= 15 is 0 Å². The van der Waals surface area contributed by atoms with E-state index in [9.17, 15) is 9.59 Å². The summed E-state index contributed by atoms with van der Waals surface area (Å²) in [4.78, 5) is 26.4. The van der Waals surface area contributed by atoms with Crippen molar-refractivity contribution in [1.29, 1.82) is 0 Å². The zero-order valence-corrected chi connectivity index (χ0v) is 12.9. The molecule has 1 aliphatic heterocycles. The van der Waals surface area contributed by atoms with Crippen LogP contribution in [0, 0.1) is 6.92 Å². The molecule has 4 nitrogen and oxygen atoms in total. The number of amides is 2. The Labute approximate surface area is 124 Å². The number of piperazine rings is 1. The molecule has 1 aliphatic rings. The lowest BCUT2D eigenvalue weighted by atomic mass is 9.95. The number of aryl methyl sites for hydroxylation is 1. The van der Waals surface area contributed by atoms with Gasteiger partial charge in [0.2, 0.25) is 5.91 Å². The van der Waals surface area contributed by atoms with Gasteiger partial charge in [0.15, 0.2) is 0 Å². The molecule has 1 unspecified atom stereocenters. The van der Waals surface area contributed by atoms with Gasteiger partial charge in [-0.05, 0) is 44.9 Å². The van der Waals surface area contributed by atoms with Crippen molar-refractivity contribution in [2.75, 3.05) is 4.90 Å². The maximum absolute atomic E-state index is 12.7. The van der Waals surface area contributed by atoms with E-state index in [-0.39, 0.29) is 11.8 Å². The minimum absolute atomic E-state index is 0.144. The molecule has 108 valence electrons. The summed E-state index contributed by atoms with van der Waals surface area (Å²) in [6.07, 6.45) is 0.540. The summed E-state index contributed by atoms with van der Waals surface area (Å²) in [6, 6.07) is 4.97. The zero-order chi connectivity index (χ0) is 15.1. The predicted molar refractivity (Wildman–Crippen MR) is 80.0 cm³/mol. The van der Waals surface area contributed by atoms with Gasteiger partial charge in [0.1, 0.15) is 11.6 Å². The van der Waals surface area contributed by atoms with E-state index in [0.29, 0.717) is 17.1 Å². The van der Waals surface area contributed by atoms with Gasteiger partial charge in [0.05, 0.1) is 10.7 Å². The highest BCUT2D eigenvalue weighted by Gasteiger charge is 2.45. The van der Waals surface area contributed by atoms with Crippen LogP contribution in [0.25, 0.3) is 0 Å². The molecule has 0 spiro atoms. The molecule has 0 bridgehead atoms. The van der Waals surface area contributed by atoms with Crippen LogP contribution in [0.4, 0.5) is 5.69 Å². The van der Waals surface area contributed by atoms with E-state index in [2.05, 4.69) is 5.32 Å². The number of carbonyl (C=O) groups excluding carboxylic acids is 2. The molecular weight excluding hydrogens is 276 g/mol. The minimum Gasteiger partial charge on any atom is -0.340 e. The lowest BCUT2D eigenvalue weighted by Crippen LogP contribution is -2.68. The third-order valence-electron chi connectivity index (χ3n) is 3.55. The highest BCUT2D eigenvalue weighted by atomic mass is 35.5. The predicted octanol–water partition coefficient (Wildman–Crippen LogP) is 2.67. The first-order chi connectivity index (χ1) is 9.27. The standard InChI is InChI=1S/C15H19ClN2O2/c1-5-11-13(19)17-15(3,4)14(20)18(11)12-7-6-9(2)8-10(12)16/h6-8,11H,5H2,1-4H3,(H,17,19).